The molecule has 0 saturated carbocycles. The minimum absolute atomic E-state index is 0.117. The second kappa shape index (κ2) is 6.87. The molecule has 0 unspecified atom stereocenters. The molecule has 0 bridgehead atoms. The molecule has 1 aliphatic heterocycles. The fraction of sp³-hybridized carbons (Fsp3) is 0.467. The van der Waals surface area contributed by atoms with Crippen molar-refractivity contribution in [2.45, 2.75) is 19.4 Å². The summed E-state index contributed by atoms with van der Waals surface area (Å²) >= 11 is 5.11. The van der Waals surface area contributed by atoms with Crippen LogP contribution in [0, 0.1) is 5.41 Å². The first-order valence-corrected chi connectivity index (χ1v) is 7.28. The third-order valence-electron chi connectivity index (χ3n) is 3.86. The van der Waals surface area contributed by atoms with Gasteiger partial charge in [0.15, 0.2) is 0 Å². The van der Waals surface area contributed by atoms with Gasteiger partial charge in [0.1, 0.15) is 11.2 Å². The van der Waals surface area contributed by atoms with E-state index in [1.54, 1.807) is 7.11 Å². The molecule has 6 heteroatoms. The highest BCUT2D eigenvalue weighted by Crippen LogP contribution is 2.31. The van der Waals surface area contributed by atoms with Crippen molar-refractivity contribution in [2.24, 2.45) is 11.1 Å². The van der Waals surface area contributed by atoms with E-state index in [0.717, 1.165) is 11.3 Å². The van der Waals surface area contributed by atoms with Crippen molar-refractivity contribution in [1.82, 2.24) is 5.32 Å². The zero-order valence-electron chi connectivity index (χ0n) is 12.1. The fourth-order valence-electron chi connectivity index (χ4n) is 2.40. The normalized spacial score (nSPS) is 17.0. The number of rotatable bonds is 5. The Bertz CT molecular complexity index is 510. The molecule has 0 atom stereocenters. The van der Waals surface area contributed by atoms with Crippen LogP contribution in [0.15, 0.2) is 24.3 Å². The molecule has 5 nitrogen and oxygen atoms in total. The Balaban J connectivity index is 2.00. The van der Waals surface area contributed by atoms with Gasteiger partial charge < -0.3 is 20.5 Å². The first-order chi connectivity index (χ1) is 10.1. The summed E-state index contributed by atoms with van der Waals surface area (Å²) in [4.78, 5) is 12.7. The molecule has 1 heterocycles. The lowest BCUT2D eigenvalue weighted by atomic mass is 9.79. The van der Waals surface area contributed by atoms with Crippen LogP contribution in [0.1, 0.15) is 18.4 Å². The van der Waals surface area contributed by atoms with Gasteiger partial charge in [-0.1, -0.05) is 24.4 Å². The van der Waals surface area contributed by atoms with Gasteiger partial charge in [0.25, 0.3) is 0 Å². The largest absolute Gasteiger partial charge is 0.497 e. The maximum atomic E-state index is 12.5. The molecular weight excluding hydrogens is 288 g/mol. The predicted molar refractivity (Wildman–Crippen MR) is 84.1 cm³/mol. The van der Waals surface area contributed by atoms with Gasteiger partial charge in [-0.15, -0.1) is 0 Å². The van der Waals surface area contributed by atoms with E-state index in [4.69, 9.17) is 27.4 Å². The van der Waals surface area contributed by atoms with Gasteiger partial charge in [-0.2, -0.15) is 0 Å². The maximum absolute atomic E-state index is 12.5. The van der Waals surface area contributed by atoms with E-state index in [9.17, 15) is 4.79 Å². The maximum Gasteiger partial charge on any atom is 0.233 e. The number of carbonyl (C=O) groups excluding carboxylic acids is 1. The Morgan fingerprint density at radius 1 is 1.38 bits per heavy atom. The lowest BCUT2D eigenvalue weighted by Crippen LogP contribution is -2.51. The topological polar surface area (TPSA) is 73.6 Å². The molecule has 0 radical (unpaired) electrons. The number of benzene rings is 1. The summed E-state index contributed by atoms with van der Waals surface area (Å²) in [6.07, 6.45) is 1.08. The zero-order chi connectivity index (χ0) is 15.3. The third-order valence-corrected chi connectivity index (χ3v) is 4.26. The van der Waals surface area contributed by atoms with Gasteiger partial charge in [-0.25, -0.2) is 0 Å². The van der Waals surface area contributed by atoms with E-state index in [1.807, 2.05) is 24.3 Å². The lowest BCUT2D eigenvalue weighted by Gasteiger charge is -2.34. The summed E-state index contributed by atoms with van der Waals surface area (Å²) in [6.45, 7) is 1.45. The number of nitrogens with one attached hydrogen (secondary N) is 1. The van der Waals surface area contributed by atoms with Crippen LogP contribution >= 0.6 is 12.2 Å². The molecule has 1 aliphatic rings. The molecule has 1 amide bonds. The molecule has 0 aromatic heterocycles. The van der Waals surface area contributed by atoms with Crippen LogP contribution in [-0.4, -0.2) is 31.2 Å². The summed E-state index contributed by atoms with van der Waals surface area (Å²) in [6, 6.07) is 7.55. The van der Waals surface area contributed by atoms with Gasteiger partial charge in [-0.05, 0) is 30.5 Å². The van der Waals surface area contributed by atoms with Crippen molar-refractivity contribution in [3.63, 3.8) is 0 Å². The van der Waals surface area contributed by atoms with Crippen molar-refractivity contribution in [2.75, 3.05) is 20.3 Å². The van der Waals surface area contributed by atoms with E-state index < -0.39 is 5.41 Å². The first kappa shape index (κ1) is 15.7. The van der Waals surface area contributed by atoms with Crippen molar-refractivity contribution >= 4 is 23.1 Å². The number of carbonyl (C=O) groups is 1. The molecule has 1 aromatic rings. The van der Waals surface area contributed by atoms with Gasteiger partial charge in [0.05, 0.1) is 12.1 Å². The van der Waals surface area contributed by atoms with Gasteiger partial charge >= 0.3 is 0 Å². The Morgan fingerprint density at radius 3 is 2.52 bits per heavy atom. The minimum Gasteiger partial charge on any atom is -0.497 e. The van der Waals surface area contributed by atoms with Crippen LogP contribution in [-0.2, 0) is 16.1 Å². The molecule has 21 heavy (non-hydrogen) atoms. The van der Waals surface area contributed by atoms with Crippen LogP contribution in [0.3, 0.4) is 0 Å². The predicted octanol–water partition coefficient (Wildman–Crippen LogP) is 1.39. The Kier molecular flexibility index (Phi) is 5.14. The van der Waals surface area contributed by atoms with Crippen LogP contribution < -0.4 is 15.8 Å². The molecule has 0 spiro atoms. The summed E-state index contributed by atoms with van der Waals surface area (Å²) in [5.74, 6) is 0.670. The van der Waals surface area contributed by atoms with Gasteiger partial charge in [0.2, 0.25) is 5.91 Å². The van der Waals surface area contributed by atoms with Crippen molar-refractivity contribution in [3.8, 4) is 5.75 Å². The highest BCUT2D eigenvalue weighted by Gasteiger charge is 2.42. The molecular formula is C15H20N2O3S. The van der Waals surface area contributed by atoms with Crippen LogP contribution in [0.4, 0.5) is 0 Å². The molecule has 2 rings (SSSR count). The Hall–Kier alpha value is -1.66. The molecule has 1 fully saturated rings. The molecule has 0 aliphatic carbocycles. The SMILES string of the molecule is COc1ccc(CNC(=O)C2(C(N)=S)CCOCC2)cc1. The summed E-state index contributed by atoms with van der Waals surface area (Å²) in [5.41, 5.74) is 6.03. The smallest absolute Gasteiger partial charge is 0.233 e. The van der Waals surface area contributed by atoms with Crippen molar-refractivity contribution in [1.29, 1.82) is 0 Å². The Morgan fingerprint density at radius 2 is 2.00 bits per heavy atom. The third kappa shape index (κ3) is 3.51. The summed E-state index contributed by atoms with van der Waals surface area (Å²) < 4.78 is 10.4. The highest BCUT2D eigenvalue weighted by molar-refractivity contribution is 7.80. The molecule has 1 saturated heterocycles. The van der Waals surface area contributed by atoms with Crippen LogP contribution in [0.25, 0.3) is 0 Å². The van der Waals surface area contributed by atoms with Gasteiger partial charge in [-0.3, -0.25) is 4.79 Å². The average Bonchev–Trinajstić information content (AvgIpc) is 2.53. The average molecular weight is 308 g/mol. The first-order valence-electron chi connectivity index (χ1n) is 6.87. The molecule has 114 valence electrons. The lowest BCUT2D eigenvalue weighted by molar-refractivity contribution is -0.131. The summed E-state index contributed by atoms with van der Waals surface area (Å²) in [7, 11) is 1.62. The second-order valence-electron chi connectivity index (χ2n) is 5.09. The summed E-state index contributed by atoms with van der Waals surface area (Å²) in [5, 5.41) is 2.93. The number of methoxy groups -OCH3 is 1. The van der Waals surface area contributed by atoms with Crippen LogP contribution in [0.5, 0.6) is 5.75 Å². The van der Waals surface area contributed by atoms with E-state index in [0.29, 0.717) is 32.6 Å². The molecule has 3 N–H and O–H groups in total. The van der Waals surface area contributed by atoms with Gasteiger partial charge in [0, 0.05) is 19.8 Å². The van der Waals surface area contributed by atoms with E-state index in [1.165, 1.54) is 0 Å². The van der Waals surface area contributed by atoms with Crippen molar-refractivity contribution in [3.05, 3.63) is 29.8 Å². The number of hydrogen-bond donors (Lipinski definition) is 2. The number of nitrogens with two attached hydrogens (primary N) is 1. The van der Waals surface area contributed by atoms with E-state index in [2.05, 4.69) is 5.32 Å². The number of amides is 1. The van der Waals surface area contributed by atoms with E-state index >= 15 is 0 Å². The number of thiocarbonyl (C=S) groups is 1. The van der Waals surface area contributed by atoms with Crippen LogP contribution in [0.2, 0.25) is 0 Å². The second-order valence-corrected chi connectivity index (χ2v) is 5.53. The monoisotopic (exact) mass is 308 g/mol. The number of hydrogen-bond acceptors (Lipinski definition) is 4. The highest BCUT2D eigenvalue weighted by atomic mass is 32.1. The zero-order valence-corrected chi connectivity index (χ0v) is 12.9. The number of ether oxygens (including phenoxy) is 2. The molecule has 1 aromatic carbocycles. The fourth-order valence-corrected chi connectivity index (χ4v) is 2.70. The standard InChI is InChI=1S/C15H20N2O3S/c1-19-12-4-2-11(3-5-12)10-17-14(18)15(13(16)21)6-8-20-9-7-15/h2-5H,6-10H2,1H3,(H2,16,21)(H,17,18). The quantitative estimate of drug-likeness (QED) is 0.804. The van der Waals surface area contributed by atoms with Crippen molar-refractivity contribution < 1.29 is 14.3 Å². The Labute approximate surface area is 129 Å². The minimum atomic E-state index is -0.778. The van der Waals surface area contributed by atoms with E-state index in [-0.39, 0.29) is 10.9 Å².